The Hall–Kier alpha value is -2.48. The van der Waals surface area contributed by atoms with Crippen LogP contribution in [-0.2, 0) is 12.8 Å². The van der Waals surface area contributed by atoms with Gasteiger partial charge < -0.3 is 0 Å². The monoisotopic (exact) mass is 258 g/mol. The van der Waals surface area contributed by atoms with Gasteiger partial charge in [-0.05, 0) is 12.8 Å². The number of hydrogen-bond acceptors (Lipinski definition) is 2. The molecule has 1 heterocycles. The first-order chi connectivity index (χ1) is 9.92. The second-order valence-corrected chi connectivity index (χ2v) is 5.05. The average molecular weight is 258 g/mol. The van der Waals surface area contributed by atoms with Gasteiger partial charge in [0.15, 0.2) is 5.82 Å². The van der Waals surface area contributed by atoms with Crippen LogP contribution in [0.4, 0.5) is 0 Å². The van der Waals surface area contributed by atoms with E-state index in [4.69, 9.17) is 9.97 Å². The van der Waals surface area contributed by atoms with Gasteiger partial charge in [-0.1, -0.05) is 60.7 Å². The van der Waals surface area contributed by atoms with E-state index in [9.17, 15) is 0 Å². The molecule has 1 aliphatic rings. The van der Waals surface area contributed by atoms with Crippen LogP contribution < -0.4 is 0 Å². The van der Waals surface area contributed by atoms with Crippen LogP contribution in [-0.4, -0.2) is 9.97 Å². The maximum absolute atomic E-state index is 4.81. The van der Waals surface area contributed by atoms with Crippen molar-refractivity contribution < 1.29 is 0 Å². The van der Waals surface area contributed by atoms with Crippen molar-refractivity contribution in [1.82, 2.24) is 9.97 Å². The molecular weight excluding hydrogens is 244 g/mol. The number of fused-ring (bicyclic) bond motifs is 1. The molecule has 0 saturated heterocycles. The summed E-state index contributed by atoms with van der Waals surface area (Å²) >= 11 is 0. The van der Waals surface area contributed by atoms with Crippen LogP contribution in [0.2, 0.25) is 0 Å². The predicted molar refractivity (Wildman–Crippen MR) is 80.3 cm³/mol. The van der Waals surface area contributed by atoms with Crippen molar-refractivity contribution >= 4 is 0 Å². The van der Waals surface area contributed by atoms with E-state index in [0.29, 0.717) is 0 Å². The molecule has 0 atom stereocenters. The molecule has 0 unspecified atom stereocenters. The van der Waals surface area contributed by atoms with Crippen LogP contribution in [0.15, 0.2) is 60.7 Å². The number of benzene rings is 2. The second-order valence-electron chi connectivity index (χ2n) is 5.05. The highest BCUT2D eigenvalue weighted by Gasteiger charge is 2.22. The molecule has 0 radical (unpaired) electrons. The van der Waals surface area contributed by atoms with Crippen molar-refractivity contribution in [1.29, 1.82) is 0 Å². The van der Waals surface area contributed by atoms with Gasteiger partial charge >= 0.3 is 0 Å². The smallest absolute Gasteiger partial charge is 0.160 e. The molecule has 0 bridgehead atoms. The van der Waals surface area contributed by atoms with Gasteiger partial charge in [-0.15, -0.1) is 0 Å². The van der Waals surface area contributed by atoms with E-state index in [1.807, 2.05) is 24.3 Å². The molecular formula is C18H14N2. The number of hydrogen-bond donors (Lipinski definition) is 0. The fourth-order valence-corrected chi connectivity index (χ4v) is 2.62. The van der Waals surface area contributed by atoms with Gasteiger partial charge in [0.1, 0.15) is 0 Å². The lowest BCUT2D eigenvalue weighted by Gasteiger charge is -2.22. The van der Waals surface area contributed by atoms with Gasteiger partial charge in [0.25, 0.3) is 0 Å². The Kier molecular flexibility index (Phi) is 2.59. The summed E-state index contributed by atoms with van der Waals surface area (Å²) in [6.07, 6.45) is 2.16. The fraction of sp³-hybridized carbons (Fsp3) is 0.111. The summed E-state index contributed by atoms with van der Waals surface area (Å²) in [6, 6.07) is 20.6. The van der Waals surface area contributed by atoms with Crippen molar-refractivity contribution in [2.24, 2.45) is 0 Å². The molecule has 20 heavy (non-hydrogen) atoms. The van der Waals surface area contributed by atoms with E-state index < -0.39 is 0 Å². The summed E-state index contributed by atoms with van der Waals surface area (Å²) < 4.78 is 0. The first-order valence-electron chi connectivity index (χ1n) is 6.92. The Balaban J connectivity index is 1.90. The van der Waals surface area contributed by atoms with Crippen molar-refractivity contribution in [2.45, 2.75) is 12.8 Å². The third kappa shape index (κ3) is 1.81. The predicted octanol–water partition coefficient (Wildman–Crippen LogP) is 3.91. The van der Waals surface area contributed by atoms with Crippen molar-refractivity contribution in [3.05, 3.63) is 71.9 Å². The molecule has 0 aliphatic heterocycles. The summed E-state index contributed by atoms with van der Waals surface area (Å²) in [6.45, 7) is 0. The lowest BCUT2D eigenvalue weighted by molar-refractivity contribution is 0.779. The standard InChI is InChI=1S/C18H14N2/c1-3-7-13(8-4-1)17-15-11-12-16(15)19-18(20-17)14-9-5-2-6-10-14/h1-10H,11-12H2. The Morgan fingerprint density at radius 2 is 1.30 bits per heavy atom. The number of aromatic nitrogens is 2. The quantitative estimate of drug-likeness (QED) is 0.696. The molecule has 4 rings (SSSR count). The minimum atomic E-state index is 0.836. The van der Waals surface area contributed by atoms with Gasteiger partial charge in [-0.3, -0.25) is 0 Å². The topological polar surface area (TPSA) is 25.8 Å². The third-order valence-electron chi connectivity index (χ3n) is 3.78. The summed E-state index contributed by atoms with van der Waals surface area (Å²) in [7, 11) is 0. The lowest BCUT2D eigenvalue weighted by Crippen LogP contribution is -2.15. The first kappa shape index (κ1) is 11.4. The Morgan fingerprint density at radius 3 is 1.90 bits per heavy atom. The molecule has 0 N–H and O–H groups in total. The molecule has 2 aromatic carbocycles. The maximum Gasteiger partial charge on any atom is 0.160 e. The van der Waals surface area contributed by atoms with Crippen LogP contribution >= 0.6 is 0 Å². The summed E-state index contributed by atoms with van der Waals surface area (Å²) in [4.78, 5) is 9.52. The van der Waals surface area contributed by atoms with Gasteiger partial charge in [0, 0.05) is 22.4 Å². The molecule has 96 valence electrons. The highest BCUT2D eigenvalue weighted by molar-refractivity contribution is 5.69. The summed E-state index contributed by atoms with van der Waals surface area (Å²) in [5, 5.41) is 0. The average Bonchev–Trinajstić information content (AvgIpc) is 2.50. The van der Waals surface area contributed by atoms with Crippen LogP contribution in [0.1, 0.15) is 11.3 Å². The second kappa shape index (κ2) is 4.57. The van der Waals surface area contributed by atoms with Crippen LogP contribution in [0, 0.1) is 0 Å². The molecule has 1 aromatic heterocycles. The molecule has 0 fully saturated rings. The van der Waals surface area contributed by atoms with Gasteiger partial charge in [-0.25, -0.2) is 9.97 Å². The van der Waals surface area contributed by atoms with Crippen molar-refractivity contribution in [2.75, 3.05) is 0 Å². The summed E-state index contributed by atoms with van der Waals surface area (Å²) in [5.74, 6) is 0.836. The molecule has 0 spiro atoms. The molecule has 0 saturated carbocycles. The lowest BCUT2D eigenvalue weighted by atomic mass is 9.89. The highest BCUT2D eigenvalue weighted by Crippen LogP contribution is 2.32. The van der Waals surface area contributed by atoms with E-state index in [-0.39, 0.29) is 0 Å². The van der Waals surface area contributed by atoms with Crippen LogP contribution in [0.5, 0.6) is 0 Å². The molecule has 0 amide bonds. The first-order valence-corrected chi connectivity index (χ1v) is 6.92. The number of nitrogens with zero attached hydrogens (tertiary/aromatic N) is 2. The molecule has 3 aromatic rings. The molecule has 2 nitrogen and oxygen atoms in total. The van der Waals surface area contributed by atoms with Crippen molar-refractivity contribution in [3.63, 3.8) is 0 Å². The zero-order chi connectivity index (χ0) is 13.4. The largest absolute Gasteiger partial charge is 0.233 e. The van der Waals surface area contributed by atoms with E-state index in [1.165, 1.54) is 16.8 Å². The van der Waals surface area contributed by atoms with Gasteiger partial charge in [0.05, 0.1) is 5.69 Å². The highest BCUT2D eigenvalue weighted by atomic mass is 14.9. The van der Waals surface area contributed by atoms with Crippen molar-refractivity contribution in [3.8, 4) is 22.6 Å². The fourth-order valence-electron chi connectivity index (χ4n) is 2.62. The van der Waals surface area contributed by atoms with Gasteiger partial charge in [0.2, 0.25) is 0 Å². The Morgan fingerprint density at radius 1 is 0.650 bits per heavy atom. The Labute approximate surface area is 118 Å². The van der Waals surface area contributed by atoms with Gasteiger partial charge in [-0.2, -0.15) is 0 Å². The van der Waals surface area contributed by atoms with E-state index in [0.717, 1.165) is 29.9 Å². The summed E-state index contributed by atoms with van der Waals surface area (Å²) in [5.41, 5.74) is 5.89. The molecule has 2 heteroatoms. The third-order valence-corrected chi connectivity index (χ3v) is 3.78. The van der Waals surface area contributed by atoms with E-state index in [1.54, 1.807) is 0 Å². The maximum atomic E-state index is 4.81. The SMILES string of the molecule is c1ccc(-c2nc3c(c(-c4ccccc4)n2)CC3)cc1. The van der Waals surface area contributed by atoms with E-state index >= 15 is 0 Å². The van der Waals surface area contributed by atoms with Crippen LogP contribution in [0.25, 0.3) is 22.6 Å². The van der Waals surface area contributed by atoms with E-state index in [2.05, 4.69) is 36.4 Å². The minimum absolute atomic E-state index is 0.836. The Bertz CT molecular complexity index is 749. The normalized spacial score (nSPS) is 12.6. The zero-order valence-corrected chi connectivity index (χ0v) is 11.1. The number of rotatable bonds is 2. The zero-order valence-electron chi connectivity index (χ0n) is 11.1. The minimum Gasteiger partial charge on any atom is -0.233 e. The van der Waals surface area contributed by atoms with Crippen LogP contribution in [0.3, 0.4) is 0 Å². The molecule has 1 aliphatic carbocycles. The number of aryl methyl sites for hydroxylation is 1.